The van der Waals surface area contributed by atoms with Crippen LogP contribution in [0.15, 0.2) is 35.5 Å². The van der Waals surface area contributed by atoms with E-state index in [-0.39, 0.29) is 5.97 Å². The number of hydrogen-bond donors (Lipinski definition) is 0. The van der Waals surface area contributed by atoms with E-state index in [1.54, 1.807) is 18.9 Å². The first kappa shape index (κ1) is 16.9. The summed E-state index contributed by atoms with van der Waals surface area (Å²) in [7, 11) is 1.67. The molecular weight excluding hydrogens is 324 g/mol. The average molecular weight is 346 g/mol. The molecular formula is C18H22N2O3S. The third-order valence-electron chi connectivity index (χ3n) is 3.85. The minimum atomic E-state index is -0.154. The van der Waals surface area contributed by atoms with Crippen LogP contribution in [-0.2, 0) is 9.53 Å². The fraction of sp³-hybridized carbons (Fsp3) is 0.444. The van der Waals surface area contributed by atoms with Gasteiger partial charge in [0.15, 0.2) is 0 Å². The van der Waals surface area contributed by atoms with Crippen LogP contribution in [0.1, 0.15) is 32.2 Å². The zero-order chi connectivity index (χ0) is 16.9. The first-order chi connectivity index (χ1) is 11.7. The van der Waals surface area contributed by atoms with E-state index in [1.165, 1.54) is 12.8 Å². The summed E-state index contributed by atoms with van der Waals surface area (Å²) in [5, 5.41) is 4.45. The Labute approximate surface area is 146 Å². The van der Waals surface area contributed by atoms with Gasteiger partial charge in [0.05, 0.1) is 32.4 Å². The van der Waals surface area contributed by atoms with E-state index in [0.717, 1.165) is 21.8 Å². The molecule has 0 N–H and O–H groups in total. The zero-order valence-electron chi connectivity index (χ0n) is 14.0. The number of esters is 1. The molecule has 1 aliphatic rings. The number of aromatic nitrogens is 2. The Morgan fingerprint density at radius 2 is 2.17 bits per heavy atom. The second kappa shape index (κ2) is 7.75. The molecule has 128 valence electrons. The van der Waals surface area contributed by atoms with E-state index in [1.807, 2.05) is 29.9 Å². The van der Waals surface area contributed by atoms with E-state index in [2.05, 4.69) is 17.4 Å². The van der Waals surface area contributed by atoms with E-state index >= 15 is 0 Å². The van der Waals surface area contributed by atoms with Gasteiger partial charge in [-0.1, -0.05) is 0 Å². The summed E-state index contributed by atoms with van der Waals surface area (Å²) in [6, 6.07) is 6.70. The lowest BCUT2D eigenvalue weighted by atomic mass is 10.1. The van der Waals surface area contributed by atoms with E-state index in [9.17, 15) is 4.79 Å². The van der Waals surface area contributed by atoms with Gasteiger partial charge in [-0.05, 0) is 43.5 Å². The van der Waals surface area contributed by atoms with Gasteiger partial charge in [-0.3, -0.25) is 9.48 Å². The predicted octanol–water partition coefficient (Wildman–Crippen LogP) is 3.94. The third-order valence-corrected chi connectivity index (χ3v) is 4.83. The van der Waals surface area contributed by atoms with Gasteiger partial charge in [-0.15, -0.1) is 11.8 Å². The molecule has 5 nitrogen and oxygen atoms in total. The molecule has 0 atom stereocenters. The van der Waals surface area contributed by atoms with Crippen molar-refractivity contribution >= 4 is 17.7 Å². The largest absolute Gasteiger partial charge is 0.497 e. The number of carbonyl (C=O) groups excluding carboxylic acids is 1. The molecule has 0 aliphatic heterocycles. The minimum Gasteiger partial charge on any atom is -0.497 e. The second-order valence-corrected chi connectivity index (χ2v) is 6.91. The molecule has 1 saturated carbocycles. The molecule has 0 bridgehead atoms. The molecule has 1 aliphatic carbocycles. The molecule has 24 heavy (non-hydrogen) atoms. The molecule has 0 amide bonds. The van der Waals surface area contributed by atoms with Crippen molar-refractivity contribution in [1.82, 2.24) is 9.78 Å². The predicted molar refractivity (Wildman–Crippen MR) is 94.5 cm³/mol. The Balaban J connectivity index is 1.71. The highest BCUT2D eigenvalue weighted by atomic mass is 32.2. The number of ether oxygens (including phenoxy) is 2. The van der Waals surface area contributed by atoms with Crippen LogP contribution < -0.4 is 4.74 Å². The maximum Gasteiger partial charge on any atom is 0.306 e. The molecule has 0 unspecified atom stereocenters. The molecule has 2 aromatic rings. The highest BCUT2D eigenvalue weighted by Crippen LogP contribution is 2.36. The van der Waals surface area contributed by atoms with Crippen molar-refractivity contribution in [2.45, 2.75) is 37.1 Å². The van der Waals surface area contributed by atoms with Crippen molar-refractivity contribution in [1.29, 1.82) is 0 Å². The van der Waals surface area contributed by atoms with Gasteiger partial charge in [0.1, 0.15) is 5.75 Å². The fourth-order valence-corrected chi connectivity index (χ4v) is 3.37. The van der Waals surface area contributed by atoms with E-state index in [4.69, 9.17) is 9.47 Å². The van der Waals surface area contributed by atoms with Gasteiger partial charge in [0, 0.05) is 22.4 Å². The molecule has 1 aromatic heterocycles. The number of nitrogens with zero attached hydrogens (tertiary/aromatic N) is 2. The molecule has 1 aromatic carbocycles. The summed E-state index contributed by atoms with van der Waals surface area (Å²) < 4.78 is 12.4. The summed E-state index contributed by atoms with van der Waals surface area (Å²) >= 11 is 1.63. The lowest BCUT2D eigenvalue weighted by molar-refractivity contribution is -0.142. The minimum absolute atomic E-state index is 0.154. The van der Waals surface area contributed by atoms with Gasteiger partial charge in [-0.25, -0.2) is 0 Å². The average Bonchev–Trinajstić information content (AvgIpc) is 3.32. The molecule has 0 radical (unpaired) electrons. The fourth-order valence-electron chi connectivity index (χ4n) is 2.45. The Bertz CT molecular complexity index is 710. The Hall–Kier alpha value is -1.95. The molecule has 3 rings (SSSR count). The van der Waals surface area contributed by atoms with Gasteiger partial charge in [-0.2, -0.15) is 5.10 Å². The van der Waals surface area contributed by atoms with Crippen LogP contribution >= 0.6 is 11.8 Å². The Kier molecular flexibility index (Phi) is 5.45. The lowest BCUT2D eigenvalue weighted by Crippen LogP contribution is -2.04. The van der Waals surface area contributed by atoms with Crippen molar-refractivity contribution < 1.29 is 14.3 Å². The molecule has 6 heteroatoms. The third kappa shape index (κ3) is 4.32. The topological polar surface area (TPSA) is 53.4 Å². The van der Waals surface area contributed by atoms with Gasteiger partial charge >= 0.3 is 5.97 Å². The van der Waals surface area contributed by atoms with Crippen LogP contribution in [0.3, 0.4) is 0 Å². The summed E-state index contributed by atoms with van der Waals surface area (Å²) in [5.74, 6) is 1.34. The second-order valence-electron chi connectivity index (χ2n) is 5.74. The van der Waals surface area contributed by atoms with Crippen molar-refractivity contribution in [3.8, 4) is 16.9 Å². The Morgan fingerprint density at radius 3 is 2.88 bits per heavy atom. The normalized spacial score (nSPS) is 13.8. The maximum absolute atomic E-state index is 11.4. The van der Waals surface area contributed by atoms with E-state index < -0.39 is 0 Å². The van der Waals surface area contributed by atoms with Crippen LogP contribution in [-0.4, -0.2) is 35.2 Å². The number of thioether (sulfide) groups is 1. The summed E-state index contributed by atoms with van der Waals surface area (Å²) in [6.45, 7) is 2.25. The van der Waals surface area contributed by atoms with Crippen molar-refractivity contribution in [3.05, 3.63) is 30.6 Å². The number of rotatable bonds is 8. The number of carbonyl (C=O) groups is 1. The highest BCUT2D eigenvalue weighted by molar-refractivity contribution is 7.99. The monoisotopic (exact) mass is 346 g/mol. The quantitative estimate of drug-likeness (QED) is 0.535. The van der Waals surface area contributed by atoms with Crippen LogP contribution in [0.25, 0.3) is 11.1 Å². The maximum atomic E-state index is 11.4. The number of hydrogen-bond acceptors (Lipinski definition) is 5. The molecule has 1 fully saturated rings. The van der Waals surface area contributed by atoms with E-state index in [0.29, 0.717) is 24.8 Å². The SMILES string of the molecule is CCOC(=O)CCSc1cc(OC)cc(-c2cnn(C3CC3)c2)c1. The molecule has 1 heterocycles. The zero-order valence-corrected chi connectivity index (χ0v) is 14.8. The van der Waals surface area contributed by atoms with Crippen LogP contribution in [0.4, 0.5) is 0 Å². The van der Waals surface area contributed by atoms with Crippen LogP contribution in [0, 0.1) is 0 Å². The summed E-state index contributed by atoms with van der Waals surface area (Å²) in [6.07, 6.45) is 6.84. The van der Waals surface area contributed by atoms with Crippen molar-refractivity contribution in [3.63, 3.8) is 0 Å². The molecule has 0 spiro atoms. The standard InChI is InChI=1S/C18H22N2O3S/c1-3-23-18(21)6-7-24-17-9-13(8-16(10-17)22-2)14-11-19-20(12-14)15-4-5-15/h8-12,15H,3-7H2,1-2H3. The number of methoxy groups -OCH3 is 1. The van der Waals surface area contributed by atoms with Crippen LogP contribution in [0.2, 0.25) is 0 Å². The Morgan fingerprint density at radius 1 is 1.33 bits per heavy atom. The summed E-state index contributed by atoms with van der Waals surface area (Å²) in [4.78, 5) is 12.5. The molecule has 0 saturated heterocycles. The van der Waals surface area contributed by atoms with Crippen molar-refractivity contribution in [2.24, 2.45) is 0 Å². The van der Waals surface area contributed by atoms with Crippen LogP contribution in [0.5, 0.6) is 5.75 Å². The first-order valence-corrected chi connectivity index (χ1v) is 9.20. The lowest BCUT2D eigenvalue weighted by Gasteiger charge is -2.08. The van der Waals surface area contributed by atoms with Gasteiger partial charge in [0.25, 0.3) is 0 Å². The summed E-state index contributed by atoms with van der Waals surface area (Å²) in [5.41, 5.74) is 2.17. The first-order valence-electron chi connectivity index (χ1n) is 8.21. The smallest absolute Gasteiger partial charge is 0.306 e. The van der Waals surface area contributed by atoms with Gasteiger partial charge < -0.3 is 9.47 Å². The highest BCUT2D eigenvalue weighted by Gasteiger charge is 2.24. The van der Waals surface area contributed by atoms with Gasteiger partial charge in [0.2, 0.25) is 0 Å². The number of benzene rings is 1. The van der Waals surface area contributed by atoms with Crippen molar-refractivity contribution in [2.75, 3.05) is 19.5 Å².